The van der Waals surface area contributed by atoms with E-state index in [4.69, 9.17) is 16.6 Å². The van der Waals surface area contributed by atoms with Crippen LogP contribution in [0.25, 0.3) is 0 Å². The molecule has 78 valence electrons. The Balaban J connectivity index is 2.16. The summed E-state index contributed by atoms with van der Waals surface area (Å²) in [6.45, 7) is 2.21. The summed E-state index contributed by atoms with van der Waals surface area (Å²) in [6, 6.07) is 9.47. The third kappa shape index (κ3) is 2.27. The van der Waals surface area contributed by atoms with Crippen LogP contribution in [-0.4, -0.2) is 18.0 Å². The van der Waals surface area contributed by atoms with Gasteiger partial charge in [-0.3, -0.25) is 0 Å². The average molecular weight is 224 g/mol. The SMILES string of the molecule is CC1=NOCC1=NN(Cl)c1ccccc1. The van der Waals surface area contributed by atoms with Gasteiger partial charge < -0.3 is 4.84 Å². The number of nitrogens with zero attached hydrogens (tertiary/aromatic N) is 3. The first kappa shape index (κ1) is 9.98. The molecule has 0 unspecified atom stereocenters. The summed E-state index contributed by atoms with van der Waals surface area (Å²) in [7, 11) is 0. The second-order valence-corrected chi connectivity index (χ2v) is 3.41. The van der Waals surface area contributed by atoms with E-state index in [1.807, 2.05) is 37.3 Å². The van der Waals surface area contributed by atoms with E-state index in [-0.39, 0.29) is 0 Å². The third-order valence-corrected chi connectivity index (χ3v) is 2.27. The van der Waals surface area contributed by atoms with Gasteiger partial charge in [0.15, 0.2) is 6.61 Å². The Morgan fingerprint density at radius 2 is 2.13 bits per heavy atom. The first-order valence-corrected chi connectivity index (χ1v) is 4.86. The Labute approximate surface area is 92.9 Å². The van der Waals surface area contributed by atoms with Crippen molar-refractivity contribution >= 4 is 28.9 Å². The maximum Gasteiger partial charge on any atom is 0.162 e. The lowest BCUT2D eigenvalue weighted by molar-refractivity contribution is 0.197. The third-order valence-electron chi connectivity index (χ3n) is 2.00. The van der Waals surface area contributed by atoms with Crippen molar-refractivity contribution in [2.24, 2.45) is 10.3 Å². The molecule has 0 aliphatic carbocycles. The molecule has 0 bridgehead atoms. The van der Waals surface area contributed by atoms with Gasteiger partial charge >= 0.3 is 0 Å². The molecule has 0 radical (unpaired) electrons. The van der Waals surface area contributed by atoms with E-state index in [1.54, 1.807) is 0 Å². The second kappa shape index (κ2) is 4.31. The molecule has 2 rings (SSSR count). The Morgan fingerprint density at radius 3 is 2.73 bits per heavy atom. The fraction of sp³-hybridized carbons (Fsp3) is 0.200. The van der Waals surface area contributed by atoms with Crippen molar-refractivity contribution in [1.82, 2.24) is 0 Å². The molecular weight excluding hydrogens is 214 g/mol. The average Bonchev–Trinajstić information content (AvgIpc) is 2.66. The number of rotatable bonds is 2. The second-order valence-electron chi connectivity index (χ2n) is 3.09. The van der Waals surface area contributed by atoms with Crippen molar-refractivity contribution in [1.29, 1.82) is 0 Å². The molecule has 0 N–H and O–H groups in total. The van der Waals surface area contributed by atoms with Crippen LogP contribution in [0.2, 0.25) is 0 Å². The number of halogens is 1. The Hall–Kier alpha value is -1.55. The molecule has 1 aliphatic rings. The molecular formula is C10H10ClN3O. The van der Waals surface area contributed by atoms with Gasteiger partial charge in [0.05, 0.1) is 5.69 Å². The number of hydrazone groups is 1. The molecule has 0 saturated heterocycles. The number of para-hydroxylation sites is 1. The van der Waals surface area contributed by atoms with Gasteiger partial charge in [0.1, 0.15) is 11.4 Å². The van der Waals surface area contributed by atoms with Gasteiger partial charge in [0.25, 0.3) is 0 Å². The quantitative estimate of drug-likeness (QED) is 0.570. The Kier molecular flexibility index (Phi) is 2.87. The van der Waals surface area contributed by atoms with Crippen LogP contribution in [0.4, 0.5) is 5.69 Å². The predicted molar refractivity (Wildman–Crippen MR) is 61.3 cm³/mol. The lowest BCUT2D eigenvalue weighted by Crippen LogP contribution is -2.14. The van der Waals surface area contributed by atoms with Crippen molar-refractivity contribution < 1.29 is 4.84 Å². The molecule has 0 spiro atoms. The highest BCUT2D eigenvalue weighted by atomic mass is 35.5. The monoisotopic (exact) mass is 223 g/mol. The first-order valence-electron chi connectivity index (χ1n) is 4.53. The summed E-state index contributed by atoms with van der Waals surface area (Å²) in [5.74, 6) is 0. The molecule has 1 aromatic rings. The summed E-state index contributed by atoms with van der Waals surface area (Å²) in [4.78, 5) is 4.88. The van der Waals surface area contributed by atoms with Crippen LogP contribution in [-0.2, 0) is 4.84 Å². The number of oxime groups is 1. The molecule has 1 aromatic carbocycles. The number of benzene rings is 1. The molecule has 1 aliphatic heterocycles. The normalized spacial score (nSPS) is 17.5. The lowest BCUT2D eigenvalue weighted by atomic mass is 10.3. The molecule has 4 nitrogen and oxygen atoms in total. The van der Waals surface area contributed by atoms with E-state index in [2.05, 4.69) is 10.3 Å². The predicted octanol–water partition coefficient (Wildman–Crippen LogP) is 2.41. The smallest absolute Gasteiger partial charge is 0.162 e. The molecule has 0 amide bonds. The van der Waals surface area contributed by atoms with Gasteiger partial charge in [-0.25, -0.2) is 0 Å². The van der Waals surface area contributed by atoms with Gasteiger partial charge in [0.2, 0.25) is 0 Å². The fourth-order valence-electron chi connectivity index (χ4n) is 1.16. The van der Waals surface area contributed by atoms with Crippen molar-refractivity contribution in [2.75, 3.05) is 11.1 Å². The van der Waals surface area contributed by atoms with E-state index >= 15 is 0 Å². The molecule has 0 fully saturated rings. The van der Waals surface area contributed by atoms with Crippen LogP contribution < -0.4 is 4.53 Å². The van der Waals surface area contributed by atoms with Crippen LogP contribution in [0.3, 0.4) is 0 Å². The minimum Gasteiger partial charge on any atom is -0.389 e. The molecule has 0 aromatic heterocycles. The van der Waals surface area contributed by atoms with E-state index in [0.717, 1.165) is 17.1 Å². The zero-order valence-corrected chi connectivity index (χ0v) is 8.98. The minimum atomic E-state index is 0.377. The zero-order valence-electron chi connectivity index (χ0n) is 8.22. The maximum atomic E-state index is 5.99. The van der Waals surface area contributed by atoms with Gasteiger partial charge in [-0.2, -0.15) is 9.63 Å². The maximum absolute atomic E-state index is 5.99. The molecule has 15 heavy (non-hydrogen) atoms. The summed E-state index contributed by atoms with van der Waals surface area (Å²) < 4.78 is 1.29. The standard InChI is InChI=1S/C10H10ClN3O/c1-8-10(7-15-13-8)12-14(11)9-5-3-2-4-6-9/h2-6H,7H2,1H3. The number of hydrogen-bond acceptors (Lipinski definition) is 4. The van der Waals surface area contributed by atoms with Crippen molar-refractivity contribution in [3.63, 3.8) is 0 Å². The summed E-state index contributed by atoms with van der Waals surface area (Å²) >= 11 is 5.99. The van der Waals surface area contributed by atoms with Crippen molar-refractivity contribution in [3.05, 3.63) is 30.3 Å². The van der Waals surface area contributed by atoms with Gasteiger partial charge in [-0.1, -0.05) is 23.4 Å². The largest absolute Gasteiger partial charge is 0.389 e. The van der Waals surface area contributed by atoms with Crippen LogP contribution in [0.5, 0.6) is 0 Å². The van der Waals surface area contributed by atoms with Crippen LogP contribution in [0.1, 0.15) is 6.92 Å². The van der Waals surface area contributed by atoms with E-state index in [0.29, 0.717) is 6.61 Å². The van der Waals surface area contributed by atoms with Gasteiger partial charge in [-0.15, -0.1) is 0 Å². The topological polar surface area (TPSA) is 37.2 Å². The van der Waals surface area contributed by atoms with E-state index < -0.39 is 0 Å². The lowest BCUT2D eigenvalue weighted by Gasteiger charge is -2.09. The van der Waals surface area contributed by atoms with Crippen molar-refractivity contribution in [2.45, 2.75) is 6.92 Å². The highest BCUT2D eigenvalue weighted by Crippen LogP contribution is 2.16. The highest BCUT2D eigenvalue weighted by Gasteiger charge is 2.14. The van der Waals surface area contributed by atoms with Gasteiger partial charge in [0, 0.05) is 11.8 Å². The summed E-state index contributed by atoms with van der Waals surface area (Å²) in [5.41, 5.74) is 2.32. The minimum absolute atomic E-state index is 0.377. The molecule has 1 heterocycles. The summed E-state index contributed by atoms with van der Waals surface area (Å²) in [5, 5.41) is 7.95. The zero-order chi connectivity index (χ0) is 10.7. The molecule has 0 saturated carbocycles. The highest BCUT2D eigenvalue weighted by molar-refractivity contribution is 6.43. The van der Waals surface area contributed by atoms with Crippen molar-refractivity contribution in [3.8, 4) is 0 Å². The molecule has 5 heteroatoms. The fourth-order valence-corrected chi connectivity index (χ4v) is 1.37. The number of hydrogen-bond donors (Lipinski definition) is 0. The Morgan fingerprint density at radius 1 is 1.40 bits per heavy atom. The van der Waals surface area contributed by atoms with E-state index in [9.17, 15) is 0 Å². The number of anilines is 1. The van der Waals surface area contributed by atoms with Crippen LogP contribution in [0, 0.1) is 0 Å². The van der Waals surface area contributed by atoms with Gasteiger partial charge in [-0.05, 0) is 19.1 Å². The summed E-state index contributed by atoms with van der Waals surface area (Å²) in [6.07, 6.45) is 0. The Bertz CT molecular complexity index is 402. The van der Waals surface area contributed by atoms with Crippen LogP contribution >= 0.6 is 11.8 Å². The van der Waals surface area contributed by atoms with Crippen LogP contribution in [0.15, 0.2) is 40.6 Å². The first-order chi connectivity index (χ1) is 7.27. The van der Waals surface area contributed by atoms with E-state index in [1.165, 1.54) is 4.53 Å². The molecule has 0 atom stereocenters.